The Bertz CT molecular complexity index is 1090. The van der Waals surface area contributed by atoms with Crippen molar-refractivity contribution in [2.24, 2.45) is 0 Å². The van der Waals surface area contributed by atoms with Crippen molar-refractivity contribution in [1.82, 2.24) is 10.2 Å². The second-order valence-corrected chi connectivity index (χ2v) is 8.99. The van der Waals surface area contributed by atoms with Gasteiger partial charge in [-0.25, -0.2) is 0 Å². The number of unbranched alkanes of at least 4 members (excludes halogenated alkanes) is 1. The molecule has 3 aromatic rings. The highest BCUT2D eigenvalue weighted by atomic mass is 35.5. The van der Waals surface area contributed by atoms with Crippen LogP contribution in [0.5, 0.6) is 5.75 Å². The Morgan fingerprint density at radius 1 is 0.943 bits per heavy atom. The number of nitrogens with zero attached hydrogens (tertiary/aromatic N) is 1. The number of benzene rings is 3. The van der Waals surface area contributed by atoms with Crippen LogP contribution in [0.15, 0.2) is 78.9 Å². The zero-order valence-electron chi connectivity index (χ0n) is 20.4. The quantitative estimate of drug-likeness (QED) is 0.335. The molecule has 0 fully saturated rings. The van der Waals surface area contributed by atoms with E-state index in [2.05, 4.69) is 12.2 Å². The van der Waals surface area contributed by atoms with Gasteiger partial charge in [-0.15, -0.1) is 0 Å². The first-order chi connectivity index (χ1) is 17.0. The average molecular weight is 493 g/mol. The number of rotatable bonds is 12. The summed E-state index contributed by atoms with van der Waals surface area (Å²) in [4.78, 5) is 28.6. The minimum atomic E-state index is -0.682. The third kappa shape index (κ3) is 8.15. The van der Waals surface area contributed by atoms with E-state index >= 15 is 0 Å². The zero-order chi connectivity index (χ0) is 25.0. The molecule has 0 aliphatic rings. The molecule has 0 heterocycles. The molecule has 3 rings (SSSR count). The van der Waals surface area contributed by atoms with Crippen LogP contribution in [0.25, 0.3) is 0 Å². The fourth-order valence-corrected chi connectivity index (χ4v) is 3.91. The lowest BCUT2D eigenvalue weighted by molar-refractivity contribution is -0.142. The van der Waals surface area contributed by atoms with Crippen molar-refractivity contribution < 1.29 is 14.3 Å². The number of nitrogens with one attached hydrogen (secondary N) is 1. The largest absolute Gasteiger partial charge is 0.484 e. The molecular formula is C29H33ClN2O3. The van der Waals surface area contributed by atoms with Crippen molar-refractivity contribution in [2.75, 3.05) is 13.2 Å². The molecule has 0 aromatic heterocycles. The van der Waals surface area contributed by atoms with E-state index in [1.807, 2.05) is 73.7 Å². The molecule has 1 N–H and O–H groups in total. The summed E-state index contributed by atoms with van der Waals surface area (Å²) in [6.45, 7) is 4.69. The van der Waals surface area contributed by atoms with E-state index in [1.54, 1.807) is 17.0 Å². The van der Waals surface area contributed by atoms with Crippen LogP contribution in [0, 0.1) is 6.92 Å². The third-order valence-corrected chi connectivity index (χ3v) is 6.06. The van der Waals surface area contributed by atoms with Gasteiger partial charge in [-0.2, -0.15) is 0 Å². The normalized spacial score (nSPS) is 11.5. The second kappa shape index (κ2) is 13.5. The van der Waals surface area contributed by atoms with Crippen molar-refractivity contribution in [3.8, 4) is 5.75 Å². The topological polar surface area (TPSA) is 58.6 Å². The van der Waals surface area contributed by atoms with Gasteiger partial charge in [-0.05, 0) is 48.2 Å². The highest BCUT2D eigenvalue weighted by molar-refractivity contribution is 6.30. The summed E-state index contributed by atoms with van der Waals surface area (Å²) >= 11 is 6.07. The maximum Gasteiger partial charge on any atom is 0.261 e. The van der Waals surface area contributed by atoms with Gasteiger partial charge >= 0.3 is 0 Å². The predicted molar refractivity (Wildman–Crippen MR) is 141 cm³/mol. The van der Waals surface area contributed by atoms with E-state index in [9.17, 15) is 9.59 Å². The van der Waals surface area contributed by atoms with Crippen molar-refractivity contribution in [1.29, 1.82) is 0 Å². The van der Waals surface area contributed by atoms with E-state index in [0.29, 0.717) is 23.7 Å². The summed E-state index contributed by atoms with van der Waals surface area (Å²) in [6.07, 6.45) is 2.26. The summed E-state index contributed by atoms with van der Waals surface area (Å²) in [5.41, 5.74) is 2.82. The Morgan fingerprint density at radius 3 is 2.31 bits per heavy atom. The van der Waals surface area contributed by atoms with Crippen molar-refractivity contribution in [2.45, 2.75) is 45.7 Å². The van der Waals surface area contributed by atoms with Crippen LogP contribution in [-0.2, 0) is 22.6 Å². The number of para-hydroxylation sites is 1. The molecule has 0 saturated carbocycles. The maximum atomic E-state index is 13.6. The molecule has 0 saturated heterocycles. The molecule has 35 heavy (non-hydrogen) atoms. The van der Waals surface area contributed by atoms with Gasteiger partial charge in [-0.1, -0.05) is 85.6 Å². The predicted octanol–water partition coefficient (Wildman–Crippen LogP) is 5.58. The summed E-state index contributed by atoms with van der Waals surface area (Å²) < 4.78 is 5.87. The molecule has 0 bridgehead atoms. The summed E-state index contributed by atoms with van der Waals surface area (Å²) in [7, 11) is 0. The lowest BCUT2D eigenvalue weighted by atomic mass is 10.0. The molecule has 3 aromatic carbocycles. The molecule has 0 radical (unpaired) electrons. The van der Waals surface area contributed by atoms with Crippen LogP contribution in [0.1, 0.15) is 36.5 Å². The van der Waals surface area contributed by atoms with E-state index in [-0.39, 0.29) is 25.0 Å². The van der Waals surface area contributed by atoms with Crippen LogP contribution in [0.2, 0.25) is 5.02 Å². The molecule has 5 nitrogen and oxygen atoms in total. The number of ether oxygens (including phenoxy) is 1. The van der Waals surface area contributed by atoms with E-state index in [0.717, 1.165) is 29.5 Å². The van der Waals surface area contributed by atoms with Crippen molar-refractivity contribution >= 4 is 23.4 Å². The first kappa shape index (κ1) is 26.3. The van der Waals surface area contributed by atoms with Crippen LogP contribution in [-0.4, -0.2) is 35.9 Å². The molecule has 0 aliphatic carbocycles. The lowest BCUT2D eigenvalue weighted by Crippen LogP contribution is -2.51. The summed E-state index contributed by atoms with van der Waals surface area (Å²) in [5, 5.41) is 3.64. The zero-order valence-corrected chi connectivity index (χ0v) is 21.1. The van der Waals surface area contributed by atoms with Gasteiger partial charge in [0.1, 0.15) is 11.8 Å². The Kier molecular flexibility index (Phi) is 10.2. The minimum absolute atomic E-state index is 0.161. The molecule has 184 valence electrons. The molecule has 0 spiro atoms. The maximum absolute atomic E-state index is 13.6. The second-order valence-electron chi connectivity index (χ2n) is 8.55. The highest BCUT2D eigenvalue weighted by Gasteiger charge is 2.30. The Morgan fingerprint density at radius 2 is 1.63 bits per heavy atom. The van der Waals surface area contributed by atoms with Gasteiger partial charge in [0.25, 0.3) is 5.91 Å². The molecule has 6 heteroatoms. The fourth-order valence-electron chi connectivity index (χ4n) is 3.79. The number of halogens is 1. The minimum Gasteiger partial charge on any atom is -0.484 e. The summed E-state index contributed by atoms with van der Waals surface area (Å²) in [6, 6.07) is 24.0. The Labute approximate surface area is 213 Å². The van der Waals surface area contributed by atoms with Crippen molar-refractivity contribution in [3.05, 3.63) is 101 Å². The SMILES string of the molecule is CCCCNC(=O)C(Cc1ccccc1)N(Cc1ccc(Cl)cc1)C(=O)COc1ccccc1C. The molecule has 0 aliphatic heterocycles. The fraction of sp³-hybridized carbons (Fsp3) is 0.310. The average Bonchev–Trinajstić information content (AvgIpc) is 2.87. The van der Waals surface area contributed by atoms with Crippen LogP contribution >= 0.6 is 11.6 Å². The van der Waals surface area contributed by atoms with E-state index < -0.39 is 6.04 Å². The molecule has 2 amide bonds. The molecule has 1 unspecified atom stereocenters. The number of carbonyl (C=O) groups excluding carboxylic acids is 2. The molecule has 1 atom stereocenters. The lowest BCUT2D eigenvalue weighted by Gasteiger charge is -2.31. The number of hydrogen-bond acceptors (Lipinski definition) is 3. The van der Waals surface area contributed by atoms with E-state index in [1.165, 1.54) is 0 Å². The first-order valence-electron chi connectivity index (χ1n) is 12.0. The smallest absolute Gasteiger partial charge is 0.261 e. The van der Waals surface area contributed by atoms with Crippen LogP contribution in [0.3, 0.4) is 0 Å². The third-order valence-electron chi connectivity index (χ3n) is 5.81. The van der Waals surface area contributed by atoms with Crippen LogP contribution in [0.4, 0.5) is 0 Å². The van der Waals surface area contributed by atoms with E-state index in [4.69, 9.17) is 16.3 Å². The molecular weight excluding hydrogens is 460 g/mol. The van der Waals surface area contributed by atoms with Gasteiger partial charge < -0.3 is 15.0 Å². The number of carbonyl (C=O) groups is 2. The number of amides is 2. The Balaban J connectivity index is 1.88. The van der Waals surface area contributed by atoms with Gasteiger partial charge in [0.15, 0.2) is 6.61 Å². The standard InChI is InChI=1S/C29H33ClN2O3/c1-3-4-18-31-29(34)26(19-23-11-6-5-7-12-23)32(20-24-14-16-25(30)17-15-24)28(33)21-35-27-13-9-8-10-22(27)2/h5-17,26H,3-4,18-21H2,1-2H3,(H,31,34). The number of aryl methyl sites for hydroxylation is 1. The Hall–Kier alpha value is -3.31. The first-order valence-corrected chi connectivity index (χ1v) is 12.4. The van der Waals surface area contributed by atoms with Gasteiger partial charge in [0.2, 0.25) is 5.91 Å². The monoisotopic (exact) mass is 492 g/mol. The van der Waals surface area contributed by atoms with Gasteiger partial charge in [0.05, 0.1) is 0 Å². The van der Waals surface area contributed by atoms with Gasteiger partial charge in [0, 0.05) is 24.5 Å². The number of hydrogen-bond donors (Lipinski definition) is 1. The van der Waals surface area contributed by atoms with Crippen molar-refractivity contribution in [3.63, 3.8) is 0 Å². The van der Waals surface area contributed by atoms with Gasteiger partial charge in [-0.3, -0.25) is 9.59 Å². The van der Waals surface area contributed by atoms with Crippen LogP contribution < -0.4 is 10.1 Å². The highest BCUT2D eigenvalue weighted by Crippen LogP contribution is 2.19. The summed E-state index contributed by atoms with van der Waals surface area (Å²) in [5.74, 6) is 0.231.